The van der Waals surface area contributed by atoms with E-state index in [0.717, 1.165) is 19.4 Å². The largest absolute Gasteiger partial charge is 0.507 e. The van der Waals surface area contributed by atoms with E-state index < -0.39 is 13.1 Å². The average Bonchev–Trinajstić information content (AvgIpc) is 3.42. The van der Waals surface area contributed by atoms with Crippen LogP contribution < -0.4 is 10.5 Å². The van der Waals surface area contributed by atoms with E-state index in [1.54, 1.807) is 12.1 Å². The van der Waals surface area contributed by atoms with Crippen LogP contribution in [-0.4, -0.2) is 69.5 Å². The molecular formula is C17H23BN2O6. The molecule has 2 atom stereocenters. The number of benzene rings is 1. The minimum atomic E-state index is -1.47. The maximum atomic E-state index is 11.6. The molecule has 26 heavy (non-hydrogen) atoms. The highest BCUT2D eigenvalue weighted by Crippen LogP contribution is 2.56. The highest BCUT2D eigenvalue weighted by atomic mass is 16.5. The first-order chi connectivity index (χ1) is 12.3. The van der Waals surface area contributed by atoms with Crippen molar-refractivity contribution in [2.24, 2.45) is 5.73 Å². The molecule has 0 spiro atoms. The Bertz CT molecular complexity index is 732. The highest BCUT2D eigenvalue weighted by Gasteiger charge is 2.48. The van der Waals surface area contributed by atoms with E-state index in [1.807, 2.05) is 0 Å². The Kier molecular flexibility index (Phi) is 4.15. The van der Waals surface area contributed by atoms with Gasteiger partial charge in [0, 0.05) is 31.0 Å². The lowest BCUT2D eigenvalue weighted by molar-refractivity contribution is 0.0137. The molecule has 0 aromatic heterocycles. The predicted octanol–water partition coefficient (Wildman–Crippen LogP) is -0.0250. The molecule has 140 valence electrons. The molecule has 9 heteroatoms. The van der Waals surface area contributed by atoms with Gasteiger partial charge in [-0.15, -0.1) is 0 Å². The maximum Gasteiger partial charge on any atom is 0.455 e. The van der Waals surface area contributed by atoms with Crippen molar-refractivity contribution in [2.45, 2.75) is 42.6 Å². The number of hydrogen-bond acceptors (Lipinski definition) is 7. The van der Waals surface area contributed by atoms with Gasteiger partial charge in [0.1, 0.15) is 23.2 Å². The Labute approximate surface area is 151 Å². The first-order valence-electron chi connectivity index (χ1n) is 8.90. The van der Waals surface area contributed by atoms with E-state index in [2.05, 4.69) is 4.90 Å². The summed E-state index contributed by atoms with van der Waals surface area (Å²) in [5.41, 5.74) is 6.18. The second kappa shape index (κ2) is 6.12. The first-order valence-corrected chi connectivity index (χ1v) is 8.90. The summed E-state index contributed by atoms with van der Waals surface area (Å²) in [6.45, 7) is 2.19. The Morgan fingerprint density at radius 1 is 1.35 bits per heavy atom. The Hall–Kier alpha value is -1.81. The van der Waals surface area contributed by atoms with Crippen molar-refractivity contribution in [3.05, 3.63) is 23.3 Å². The van der Waals surface area contributed by atoms with E-state index in [-0.39, 0.29) is 40.4 Å². The van der Waals surface area contributed by atoms with Gasteiger partial charge < -0.3 is 30.7 Å². The summed E-state index contributed by atoms with van der Waals surface area (Å²) in [4.78, 5) is 13.8. The molecule has 1 unspecified atom stereocenters. The molecule has 0 bridgehead atoms. The number of carboxylic acid groups (broad SMARTS) is 1. The van der Waals surface area contributed by atoms with Gasteiger partial charge >= 0.3 is 13.1 Å². The van der Waals surface area contributed by atoms with Crippen LogP contribution in [0.5, 0.6) is 11.5 Å². The fourth-order valence-electron chi connectivity index (χ4n) is 3.76. The van der Waals surface area contributed by atoms with Crippen LogP contribution in [0.2, 0.25) is 5.82 Å². The van der Waals surface area contributed by atoms with E-state index in [0.29, 0.717) is 25.1 Å². The van der Waals surface area contributed by atoms with E-state index in [9.17, 15) is 25.1 Å². The van der Waals surface area contributed by atoms with Crippen molar-refractivity contribution in [3.8, 4) is 11.5 Å². The van der Waals surface area contributed by atoms with Crippen LogP contribution in [0.3, 0.4) is 0 Å². The van der Waals surface area contributed by atoms with E-state index in [1.165, 1.54) is 0 Å². The maximum absolute atomic E-state index is 11.6. The van der Waals surface area contributed by atoms with Crippen LogP contribution in [0, 0.1) is 0 Å². The van der Waals surface area contributed by atoms with Crippen molar-refractivity contribution >= 4 is 13.1 Å². The van der Waals surface area contributed by atoms with E-state index >= 15 is 0 Å². The fraction of sp³-hybridized carbons (Fsp3) is 0.588. The standard InChI is InChI=1S/C17H23BN2O6/c19-17(3-4-17)8-20-6-9(7-20)26-13-2-1-10(11-5-12(11)18(24)25)15(21)14(13)16(22)23/h1-2,9,11-12,21,24-25H,3-8,19H2,(H,22,23)/t11?,12-/m1/s1. The number of phenols is 1. The third-order valence-corrected chi connectivity index (χ3v) is 5.66. The molecular weight excluding hydrogens is 339 g/mol. The zero-order valence-electron chi connectivity index (χ0n) is 14.3. The molecule has 3 aliphatic rings. The van der Waals surface area contributed by atoms with Crippen molar-refractivity contribution in [1.82, 2.24) is 4.90 Å². The molecule has 0 radical (unpaired) electrons. The van der Waals surface area contributed by atoms with Crippen molar-refractivity contribution < 1.29 is 29.8 Å². The predicted molar refractivity (Wildman–Crippen MR) is 93.4 cm³/mol. The monoisotopic (exact) mass is 362 g/mol. The summed E-state index contributed by atoms with van der Waals surface area (Å²) in [7, 11) is -1.47. The Balaban J connectivity index is 1.45. The summed E-state index contributed by atoms with van der Waals surface area (Å²) in [6, 6.07) is 3.16. The second-order valence-corrected chi connectivity index (χ2v) is 7.90. The highest BCUT2D eigenvalue weighted by molar-refractivity contribution is 6.44. The average molecular weight is 362 g/mol. The number of ether oxygens (including phenoxy) is 1. The van der Waals surface area contributed by atoms with Gasteiger partial charge in [-0.05, 0) is 36.8 Å². The van der Waals surface area contributed by atoms with Crippen LogP contribution >= 0.6 is 0 Å². The summed E-state index contributed by atoms with van der Waals surface area (Å²) in [5, 5.41) is 38.4. The molecule has 4 rings (SSSR count). The molecule has 8 nitrogen and oxygen atoms in total. The van der Waals surface area contributed by atoms with Crippen molar-refractivity contribution in [1.29, 1.82) is 0 Å². The fourth-order valence-corrected chi connectivity index (χ4v) is 3.76. The van der Waals surface area contributed by atoms with Gasteiger partial charge in [-0.3, -0.25) is 4.90 Å². The lowest BCUT2D eigenvalue weighted by Crippen LogP contribution is -2.57. The lowest BCUT2D eigenvalue weighted by atomic mass is 9.81. The summed E-state index contributed by atoms with van der Waals surface area (Å²) < 4.78 is 5.80. The van der Waals surface area contributed by atoms with Crippen molar-refractivity contribution in [3.63, 3.8) is 0 Å². The molecule has 1 aromatic rings. The van der Waals surface area contributed by atoms with Gasteiger partial charge in [0.15, 0.2) is 0 Å². The van der Waals surface area contributed by atoms with Gasteiger partial charge in [0.05, 0.1) is 0 Å². The molecule has 2 saturated carbocycles. The minimum absolute atomic E-state index is 0.0603. The van der Waals surface area contributed by atoms with Gasteiger partial charge in [0.2, 0.25) is 0 Å². The SMILES string of the molecule is NC1(CN2CC(Oc3ccc(C4C[C@H]4B(O)O)c(O)c3C(=O)O)C2)CC1. The van der Waals surface area contributed by atoms with Gasteiger partial charge in [0.25, 0.3) is 0 Å². The Morgan fingerprint density at radius 3 is 2.58 bits per heavy atom. The normalized spacial score (nSPS) is 26.9. The molecule has 6 N–H and O–H groups in total. The zero-order chi connectivity index (χ0) is 18.6. The molecule has 1 saturated heterocycles. The first kappa shape index (κ1) is 17.6. The van der Waals surface area contributed by atoms with Crippen LogP contribution in [-0.2, 0) is 0 Å². The molecule has 0 amide bonds. The summed E-state index contributed by atoms with van der Waals surface area (Å²) in [6.07, 6.45) is 2.45. The third-order valence-electron chi connectivity index (χ3n) is 5.66. The lowest BCUT2D eigenvalue weighted by Gasteiger charge is -2.40. The molecule has 3 fully saturated rings. The molecule has 1 aromatic carbocycles. The van der Waals surface area contributed by atoms with Crippen LogP contribution in [0.15, 0.2) is 12.1 Å². The van der Waals surface area contributed by atoms with Crippen molar-refractivity contribution in [2.75, 3.05) is 19.6 Å². The van der Waals surface area contributed by atoms with Gasteiger partial charge in [-0.1, -0.05) is 6.07 Å². The number of likely N-dealkylation sites (tertiary alicyclic amines) is 1. The number of carbonyl (C=O) groups is 1. The number of aromatic hydroxyl groups is 1. The molecule has 1 heterocycles. The smallest absolute Gasteiger partial charge is 0.455 e. The second-order valence-electron chi connectivity index (χ2n) is 7.90. The molecule has 1 aliphatic heterocycles. The van der Waals surface area contributed by atoms with E-state index in [4.69, 9.17) is 10.5 Å². The number of aromatic carboxylic acids is 1. The Morgan fingerprint density at radius 2 is 2.04 bits per heavy atom. The topological polar surface area (TPSA) is 136 Å². The van der Waals surface area contributed by atoms with Gasteiger partial charge in [-0.2, -0.15) is 0 Å². The van der Waals surface area contributed by atoms with Crippen LogP contribution in [0.4, 0.5) is 0 Å². The summed E-state index contributed by atoms with van der Waals surface area (Å²) in [5.74, 6) is -2.10. The number of hydrogen-bond donors (Lipinski definition) is 5. The number of nitrogens with zero attached hydrogens (tertiary/aromatic N) is 1. The number of carboxylic acids is 1. The number of nitrogens with two attached hydrogens (primary N) is 1. The zero-order valence-corrected chi connectivity index (χ0v) is 14.3. The quantitative estimate of drug-likeness (QED) is 0.427. The minimum Gasteiger partial charge on any atom is -0.507 e. The summed E-state index contributed by atoms with van der Waals surface area (Å²) >= 11 is 0. The van der Waals surface area contributed by atoms with Crippen LogP contribution in [0.1, 0.15) is 41.1 Å². The van der Waals surface area contributed by atoms with Crippen LogP contribution in [0.25, 0.3) is 0 Å². The third kappa shape index (κ3) is 3.27. The molecule has 2 aliphatic carbocycles. The van der Waals surface area contributed by atoms with Gasteiger partial charge in [-0.25, -0.2) is 4.79 Å². The number of rotatable bonds is 7.